The van der Waals surface area contributed by atoms with E-state index in [0.29, 0.717) is 34.5 Å². The van der Waals surface area contributed by atoms with Crippen molar-refractivity contribution < 1.29 is 13.2 Å². The van der Waals surface area contributed by atoms with Gasteiger partial charge in [0, 0.05) is 41.8 Å². The molecule has 2 heterocycles. The summed E-state index contributed by atoms with van der Waals surface area (Å²) in [6.45, 7) is 4.44. The van der Waals surface area contributed by atoms with Crippen LogP contribution in [0.4, 0.5) is 0 Å². The minimum Gasteiger partial charge on any atom is -0.342 e. The number of hydrogen-bond donors (Lipinski definition) is 0. The van der Waals surface area contributed by atoms with E-state index >= 15 is 0 Å². The highest BCUT2D eigenvalue weighted by Gasteiger charge is 2.35. The van der Waals surface area contributed by atoms with Crippen LogP contribution >= 0.6 is 23.2 Å². The van der Waals surface area contributed by atoms with Gasteiger partial charge in [-0.1, -0.05) is 36.2 Å². The van der Waals surface area contributed by atoms with Crippen LogP contribution in [0.3, 0.4) is 0 Å². The molecule has 1 aromatic rings. The lowest BCUT2D eigenvalue weighted by Gasteiger charge is -2.37. The lowest BCUT2D eigenvalue weighted by atomic mass is 9.94. The van der Waals surface area contributed by atoms with Crippen molar-refractivity contribution in [3.05, 3.63) is 33.8 Å². The topological polar surface area (TPSA) is 57.7 Å². The third-order valence-electron chi connectivity index (χ3n) is 5.61. The molecule has 0 aromatic heterocycles. The van der Waals surface area contributed by atoms with Crippen LogP contribution in [0.1, 0.15) is 38.2 Å². The van der Waals surface area contributed by atoms with E-state index in [9.17, 15) is 13.2 Å². The second kappa shape index (κ2) is 8.68. The molecule has 8 heteroatoms. The maximum Gasteiger partial charge on any atom is 0.227 e. The van der Waals surface area contributed by atoms with Gasteiger partial charge in [0.15, 0.2) is 0 Å². The predicted octanol–water partition coefficient (Wildman–Crippen LogP) is 3.79. The molecule has 0 radical (unpaired) electrons. The monoisotopic (exact) mass is 432 g/mol. The van der Waals surface area contributed by atoms with E-state index in [1.165, 1.54) is 4.31 Å². The Hall–Kier alpha value is -0.820. The Morgan fingerprint density at radius 2 is 1.74 bits per heavy atom. The second-order valence-corrected chi connectivity index (χ2v) is 10.4. The Balaban J connectivity index is 1.68. The molecule has 5 nitrogen and oxygen atoms in total. The fourth-order valence-corrected chi connectivity index (χ4v) is 6.19. The summed E-state index contributed by atoms with van der Waals surface area (Å²) in [6, 6.07) is 4.96. The summed E-state index contributed by atoms with van der Waals surface area (Å²) in [6.07, 6.45) is 3.47. The largest absolute Gasteiger partial charge is 0.342 e. The number of halogens is 2. The van der Waals surface area contributed by atoms with Gasteiger partial charge in [0.05, 0.1) is 11.7 Å². The Bertz CT molecular complexity index is 772. The third-order valence-corrected chi connectivity index (χ3v) is 8.09. The standard InChI is InChI=1S/C19H26Cl2N2O3S/c1-14-7-10-22(11-8-14)19(24)15-4-3-9-23(12-15)27(25,26)13-16-17(20)5-2-6-18(16)21/h2,5-6,14-15H,3-4,7-13H2,1H3/t15-/m0/s1. The number of carbonyl (C=O) groups excluding carboxylic acids is 1. The van der Waals surface area contributed by atoms with Gasteiger partial charge in [-0.25, -0.2) is 12.7 Å². The highest BCUT2D eigenvalue weighted by Crippen LogP contribution is 2.29. The van der Waals surface area contributed by atoms with Crippen molar-refractivity contribution in [3.63, 3.8) is 0 Å². The van der Waals surface area contributed by atoms with E-state index < -0.39 is 10.0 Å². The zero-order valence-corrected chi connectivity index (χ0v) is 17.9. The van der Waals surface area contributed by atoms with Crippen LogP contribution in [-0.2, 0) is 20.6 Å². The predicted molar refractivity (Wildman–Crippen MR) is 108 cm³/mol. The van der Waals surface area contributed by atoms with E-state index in [-0.39, 0.29) is 24.1 Å². The molecular weight excluding hydrogens is 407 g/mol. The fourth-order valence-electron chi connectivity index (χ4n) is 3.83. The number of hydrogen-bond acceptors (Lipinski definition) is 3. The average Bonchev–Trinajstić information content (AvgIpc) is 2.65. The molecule has 2 saturated heterocycles. The summed E-state index contributed by atoms with van der Waals surface area (Å²) in [5, 5.41) is 0.691. The maximum absolute atomic E-state index is 12.9. The summed E-state index contributed by atoms with van der Waals surface area (Å²) in [5.74, 6) is 0.243. The number of carbonyl (C=O) groups is 1. The zero-order chi connectivity index (χ0) is 19.6. The molecule has 0 bridgehead atoms. The number of likely N-dealkylation sites (tertiary alicyclic amines) is 1. The first-order chi connectivity index (χ1) is 12.8. The Morgan fingerprint density at radius 3 is 2.37 bits per heavy atom. The summed E-state index contributed by atoms with van der Waals surface area (Å²) < 4.78 is 27.3. The Labute approximate surface area is 171 Å². The van der Waals surface area contributed by atoms with Gasteiger partial charge in [0.25, 0.3) is 0 Å². The number of sulfonamides is 1. The minimum absolute atomic E-state index is 0.0950. The third kappa shape index (κ3) is 4.97. The molecule has 1 aromatic carbocycles. The maximum atomic E-state index is 12.9. The van der Waals surface area contributed by atoms with Crippen LogP contribution < -0.4 is 0 Å². The van der Waals surface area contributed by atoms with E-state index in [1.807, 2.05) is 4.90 Å². The number of rotatable bonds is 4. The molecule has 1 atom stereocenters. The van der Waals surface area contributed by atoms with Crippen LogP contribution in [0.25, 0.3) is 0 Å². The molecule has 0 aliphatic carbocycles. The van der Waals surface area contributed by atoms with Crippen LogP contribution in [-0.4, -0.2) is 49.7 Å². The number of nitrogens with zero attached hydrogens (tertiary/aromatic N) is 2. The average molecular weight is 433 g/mol. The van der Waals surface area contributed by atoms with E-state index in [0.717, 1.165) is 32.4 Å². The number of piperidine rings is 2. The SMILES string of the molecule is CC1CCN(C(=O)[C@H]2CCCN(S(=O)(=O)Cc3c(Cl)cccc3Cl)C2)CC1. The fraction of sp³-hybridized carbons (Fsp3) is 0.632. The highest BCUT2D eigenvalue weighted by molar-refractivity contribution is 7.88. The molecule has 27 heavy (non-hydrogen) atoms. The summed E-state index contributed by atoms with van der Waals surface area (Å²) in [7, 11) is -3.59. The first-order valence-corrected chi connectivity index (χ1v) is 11.8. The molecule has 0 spiro atoms. The van der Waals surface area contributed by atoms with E-state index in [4.69, 9.17) is 23.2 Å². The van der Waals surface area contributed by atoms with E-state index in [2.05, 4.69) is 6.92 Å². The highest BCUT2D eigenvalue weighted by atomic mass is 35.5. The molecule has 2 fully saturated rings. The van der Waals surface area contributed by atoms with Gasteiger partial charge >= 0.3 is 0 Å². The van der Waals surface area contributed by atoms with Crippen molar-refractivity contribution in [1.29, 1.82) is 0 Å². The normalized spacial score (nSPS) is 22.8. The van der Waals surface area contributed by atoms with Gasteiger partial charge in [0.2, 0.25) is 15.9 Å². The molecule has 0 saturated carbocycles. The molecule has 2 aliphatic rings. The van der Waals surface area contributed by atoms with Crippen molar-refractivity contribution >= 4 is 39.1 Å². The summed E-state index contributed by atoms with van der Waals surface area (Å²) in [4.78, 5) is 14.8. The van der Waals surface area contributed by atoms with Crippen molar-refractivity contribution in [2.24, 2.45) is 11.8 Å². The first-order valence-electron chi connectivity index (χ1n) is 9.47. The smallest absolute Gasteiger partial charge is 0.227 e. The molecule has 0 unspecified atom stereocenters. The van der Waals surface area contributed by atoms with Crippen molar-refractivity contribution in [2.75, 3.05) is 26.2 Å². The molecular formula is C19H26Cl2N2O3S. The van der Waals surface area contributed by atoms with E-state index in [1.54, 1.807) is 18.2 Å². The van der Waals surface area contributed by atoms with Gasteiger partial charge in [-0.2, -0.15) is 0 Å². The van der Waals surface area contributed by atoms with Gasteiger partial charge < -0.3 is 4.90 Å². The van der Waals surface area contributed by atoms with Crippen molar-refractivity contribution in [2.45, 2.75) is 38.4 Å². The molecule has 2 aliphatic heterocycles. The van der Waals surface area contributed by atoms with Crippen LogP contribution in [0.2, 0.25) is 10.0 Å². The van der Waals surface area contributed by atoms with Gasteiger partial charge in [-0.05, 0) is 43.7 Å². The quantitative estimate of drug-likeness (QED) is 0.726. The van der Waals surface area contributed by atoms with Crippen LogP contribution in [0.5, 0.6) is 0 Å². The van der Waals surface area contributed by atoms with Crippen LogP contribution in [0, 0.1) is 11.8 Å². The van der Waals surface area contributed by atoms with Crippen LogP contribution in [0.15, 0.2) is 18.2 Å². The lowest BCUT2D eigenvalue weighted by molar-refractivity contribution is -0.138. The van der Waals surface area contributed by atoms with Crippen molar-refractivity contribution in [3.8, 4) is 0 Å². The zero-order valence-electron chi connectivity index (χ0n) is 15.5. The minimum atomic E-state index is -3.59. The number of amides is 1. The number of benzene rings is 1. The molecule has 3 rings (SSSR count). The Morgan fingerprint density at radius 1 is 1.11 bits per heavy atom. The molecule has 0 N–H and O–H groups in total. The van der Waals surface area contributed by atoms with Crippen molar-refractivity contribution in [1.82, 2.24) is 9.21 Å². The van der Waals surface area contributed by atoms with Gasteiger partial charge in [-0.15, -0.1) is 0 Å². The molecule has 150 valence electrons. The first kappa shape index (κ1) is 20.9. The Kier molecular flexibility index (Phi) is 6.72. The second-order valence-electron chi connectivity index (χ2n) is 7.66. The van der Waals surface area contributed by atoms with Gasteiger partial charge in [0.1, 0.15) is 0 Å². The lowest BCUT2D eigenvalue weighted by Crippen LogP contribution is -2.48. The summed E-state index contributed by atoms with van der Waals surface area (Å²) >= 11 is 12.3. The summed E-state index contributed by atoms with van der Waals surface area (Å²) in [5.41, 5.74) is 0.416. The molecule has 1 amide bonds. The van der Waals surface area contributed by atoms with Gasteiger partial charge in [-0.3, -0.25) is 4.79 Å².